The number of aliphatic hydroxyl groups excluding tert-OH is 2. The smallest absolute Gasteiger partial charge is 0.417 e. The number of ketones is 2. The van der Waals surface area contributed by atoms with Crippen molar-refractivity contribution in [2.24, 2.45) is 58.0 Å². The molecule has 4 amide bonds. The Bertz CT molecular complexity index is 2840. The second kappa shape index (κ2) is 19.3. The molecule has 4 saturated carbocycles. The molecule has 15 nitrogen and oxygen atoms in total. The first-order valence-electron chi connectivity index (χ1n) is 27.2. The number of hydrogen-bond acceptors (Lipinski definition) is 13. The lowest BCUT2D eigenvalue weighted by Crippen LogP contribution is -2.67. The Morgan fingerprint density at radius 2 is 1.65 bits per heavy atom. The number of imide groups is 1. The van der Waals surface area contributed by atoms with Gasteiger partial charge in [0.1, 0.15) is 22.8 Å². The number of nitrogens with one attached hydrogen (secondary N) is 1. The van der Waals surface area contributed by atoms with Gasteiger partial charge in [0.05, 0.1) is 28.1 Å². The fourth-order valence-electron chi connectivity index (χ4n) is 16.0. The van der Waals surface area contributed by atoms with Crippen LogP contribution in [0.5, 0.6) is 5.75 Å². The number of ether oxygens (including phenoxy) is 1. The highest BCUT2D eigenvalue weighted by Gasteiger charge is 2.67. The fourth-order valence-corrected chi connectivity index (χ4v) is 17.4. The summed E-state index contributed by atoms with van der Waals surface area (Å²) in [6.07, 6.45) is 16.4. The molecule has 2 aromatic carbocycles. The van der Waals surface area contributed by atoms with Crippen molar-refractivity contribution < 1.29 is 53.9 Å². The first-order chi connectivity index (χ1) is 35.4. The van der Waals surface area contributed by atoms with Gasteiger partial charge in [0, 0.05) is 34.8 Å². The number of unbranched alkanes of at least 4 members (excludes halogenated alkanes) is 1. The van der Waals surface area contributed by atoms with Gasteiger partial charge in [-0.2, -0.15) is 0 Å². The Morgan fingerprint density at radius 1 is 0.920 bits per heavy atom. The van der Waals surface area contributed by atoms with Crippen molar-refractivity contribution in [3.05, 3.63) is 82.1 Å². The third-order valence-corrected chi connectivity index (χ3v) is 21.4. The van der Waals surface area contributed by atoms with Gasteiger partial charge in [-0.15, -0.1) is 11.8 Å². The van der Waals surface area contributed by atoms with Crippen LogP contribution in [0, 0.1) is 52.3 Å². The number of carbonyl (C=O) groups is 6. The minimum absolute atomic E-state index is 0.0807. The van der Waals surface area contributed by atoms with Crippen LogP contribution in [0.25, 0.3) is 5.76 Å². The number of nitrogens with zero attached hydrogens (tertiary/aromatic N) is 2. The summed E-state index contributed by atoms with van der Waals surface area (Å²) in [6, 6.07) is 9.18. The molecule has 402 valence electrons. The normalized spacial score (nSPS) is 36.2. The van der Waals surface area contributed by atoms with Gasteiger partial charge in [0.25, 0.3) is 5.91 Å². The van der Waals surface area contributed by atoms with E-state index in [0.29, 0.717) is 17.0 Å². The average Bonchev–Trinajstić information content (AvgIpc) is 3.87. The Kier molecular flexibility index (Phi) is 13.7. The molecule has 7 aliphatic carbocycles. The van der Waals surface area contributed by atoms with Gasteiger partial charge in [0.15, 0.2) is 11.4 Å². The van der Waals surface area contributed by atoms with Crippen LogP contribution in [0.2, 0.25) is 0 Å². The number of aliphatic hydroxyl groups is 4. The molecular formula is C59H74N4O11S. The number of fused-ring (bicyclic) bond motifs is 8. The van der Waals surface area contributed by atoms with Gasteiger partial charge in [-0.3, -0.25) is 34.2 Å². The van der Waals surface area contributed by atoms with E-state index >= 15 is 0 Å². The van der Waals surface area contributed by atoms with Crippen LogP contribution in [0.4, 0.5) is 16.2 Å². The van der Waals surface area contributed by atoms with Gasteiger partial charge < -0.3 is 30.9 Å². The lowest BCUT2D eigenvalue weighted by molar-refractivity contribution is -0.159. The number of thioether (sulfide) groups is 1. The van der Waals surface area contributed by atoms with E-state index < -0.39 is 80.6 Å². The number of likely N-dealkylation sites (N-methyl/N-ethyl adjacent to an activating group) is 1. The molecule has 0 radical (unpaired) electrons. The average molecular weight is 1050 g/mol. The predicted octanol–water partition coefficient (Wildman–Crippen LogP) is 9.06. The predicted molar refractivity (Wildman–Crippen MR) is 285 cm³/mol. The Hall–Kier alpha value is -5.29. The number of hydrogen-bond donors (Lipinski definition) is 6. The summed E-state index contributed by atoms with van der Waals surface area (Å²) in [4.78, 5) is 84.1. The molecule has 1 saturated heterocycles. The zero-order valence-corrected chi connectivity index (χ0v) is 45.1. The highest BCUT2D eigenvalue weighted by atomic mass is 32.2. The molecule has 8 aliphatic rings. The SMILES string of the molecule is CC(C)CCCCC1CCC2C3CC=C4CC(SC5CC(=O)N(c6ccc(NC(=O)Oc7cccc8c7C(O)=C7C(=O)C9(O)C(O)=C(C(N)=O)C(=O)C(N(C)C)C9CC7C8(C)O)cc6)C5=O)CCC4(C)C3CCC12C. The number of amides is 4. The molecule has 7 N–H and O–H groups in total. The van der Waals surface area contributed by atoms with Crippen LogP contribution < -0.4 is 20.7 Å². The molecule has 5 fully saturated rings. The standard InChI is InChI=1S/C59H74N4O11S/c1-30(2)11-8-9-12-31-16-22-37-36-21-15-32-27-35(23-25-57(32,4)38(36)24-26-56(31,37)3)75-43-29-44(64)63(54(43)70)34-19-17-33(18-20-34)61-55(71)74-42-14-10-13-39-45(42)49(65)46-40(58(39,5)72)28-41-48(62(6)7)50(66)47(53(60)69)52(68)59(41,73)51(46)67/h10,13-15,17-20,30-31,35-38,40-41,43,48,65,68,72-73H,8-9,11-12,16,21-29H2,1-7H3,(H2,60,69)(H,61,71). The molecule has 0 aromatic heterocycles. The lowest BCUT2D eigenvalue weighted by atomic mass is 9.47. The molecule has 75 heavy (non-hydrogen) atoms. The van der Waals surface area contributed by atoms with Crippen LogP contribution in [0.1, 0.15) is 136 Å². The molecule has 1 heterocycles. The quantitative estimate of drug-likeness (QED) is 0.0504. The van der Waals surface area contributed by atoms with Gasteiger partial charge in [-0.1, -0.05) is 70.7 Å². The summed E-state index contributed by atoms with van der Waals surface area (Å²) in [6.45, 7) is 11.2. The van der Waals surface area contributed by atoms with Crippen molar-refractivity contribution in [3.63, 3.8) is 0 Å². The van der Waals surface area contributed by atoms with Crippen LogP contribution in [0.3, 0.4) is 0 Å². The summed E-state index contributed by atoms with van der Waals surface area (Å²) in [7, 11) is 2.99. The number of carbonyl (C=O) groups excluding carboxylic acids is 6. The van der Waals surface area contributed by atoms with Gasteiger partial charge in [0.2, 0.25) is 17.6 Å². The molecule has 1 aliphatic heterocycles. The minimum Gasteiger partial charge on any atom is -0.508 e. The van der Waals surface area contributed by atoms with Crippen LogP contribution in [-0.4, -0.2) is 96.9 Å². The fraction of sp³-hybridized carbons (Fsp3) is 0.593. The largest absolute Gasteiger partial charge is 0.508 e. The first-order valence-corrected chi connectivity index (χ1v) is 28.2. The number of primary amides is 1. The molecule has 10 rings (SSSR count). The van der Waals surface area contributed by atoms with Crippen molar-refractivity contribution in [2.45, 2.75) is 152 Å². The summed E-state index contributed by atoms with van der Waals surface area (Å²) >= 11 is 1.65. The van der Waals surface area contributed by atoms with E-state index in [1.807, 2.05) is 0 Å². The summed E-state index contributed by atoms with van der Waals surface area (Å²) in [5, 5.41) is 49.7. The second-order valence-corrected chi connectivity index (χ2v) is 26.0. The maximum atomic E-state index is 14.5. The van der Waals surface area contributed by atoms with Gasteiger partial charge >= 0.3 is 6.09 Å². The lowest BCUT2D eigenvalue weighted by Gasteiger charge is -2.58. The third-order valence-electron chi connectivity index (χ3n) is 19.9. The zero-order valence-electron chi connectivity index (χ0n) is 44.3. The Morgan fingerprint density at radius 3 is 2.35 bits per heavy atom. The van der Waals surface area contributed by atoms with E-state index in [4.69, 9.17) is 10.5 Å². The zero-order chi connectivity index (χ0) is 53.8. The van der Waals surface area contributed by atoms with Gasteiger partial charge in [-0.05, 0) is 162 Å². The Balaban J connectivity index is 0.786. The summed E-state index contributed by atoms with van der Waals surface area (Å²) < 4.78 is 5.69. The summed E-state index contributed by atoms with van der Waals surface area (Å²) in [5.41, 5.74) is 1.85. The van der Waals surface area contributed by atoms with E-state index in [1.54, 1.807) is 29.5 Å². The van der Waals surface area contributed by atoms with E-state index in [1.165, 1.54) is 113 Å². The topological polar surface area (TPSA) is 237 Å². The summed E-state index contributed by atoms with van der Waals surface area (Å²) in [5.74, 6) is -4.99. The van der Waals surface area contributed by atoms with Crippen molar-refractivity contribution in [1.29, 1.82) is 0 Å². The maximum absolute atomic E-state index is 14.5. The number of benzene rings is 2. The molecule has 16 heteroatoms. The number of nitrogens with two attached hydrogens (primary N) is 1. The molecule has 0 bridgehead atoms. The number of anilines is 2. The monoisotopic (exact) mass is 1050 g/mol. The third kappa shape index (κ3) is 8.50. The van der Waals surface area contributed by atoms with E-state index in [0.717, 1.165) is 49.4 Å². The molecule has 0 spiro atoms. The van der Waals surface area contributed by atoms with Gasteiger partial charge in [-0.25, -0.2) is 9.69 Å². The van der Waals surface area contributed by atoms with Crippen molar-refractivity contribution in [1.82, 2.24) is 4.90 Å². The molecule has 13 unspecified atom stereocenters. The molecular weight excluding hydrogens is 973 g/mol. The van der Waals surface area contributed by atoms with Crippen molar-refractivity contribution >= 4 is 64.3 Å². The Labute approximate surface area is 443 Å². The van der Waals surface area contributed by atoms with E-state index in [9.17, 15) is 49.2 Å². The van der Waals surface area contributed by atoms with Crippen LogP contribution in [0.15, 0.2) is 71.0 Å². The second-order valence-electron chi connectivity index (χ2n) is 24.5. The number of rotatable bonds is 12. The highest BCUT2D eigenvalue weighted by Crippen LogP contribution is 2.67. The van der Waals surface area contributed by atoms with Crippen molar-refractivity contribution in [3.8, 4) is 5.75 Å². The number of Topliss-reactive ketones (excluding diaryl/α,β-unsaturated/α-hetero) is 2. The number of allylic oxidation sites excluding steroid dienone is 2. The minimum atomic E-state index is -2.89. The van der Waals surface area contributed by atoms with E-state index in [2.05, 4.69) is 39.1 Å². The molecule has 13 atom stereocenters. The maximum Gasteiger partial charge on any atom is 0.417 e. The molecule has 2 aromatic rings. The highest BCUT2D eigenvalue weighted by molar-refractivity contribution is 8.01. The van der Waals surface area contributed by atoms with Crippen molar-refractivity contribution in [2.75, 3.05) is 24.3 Å². The van der Waals surface area contributed by atoms with E-state index in [-0.39, 0.29) is 57.9 Å². The van der Waals surface area contributed by atoms with Crippen LogP contribution >= 0.6 is 11.8 Å². The first kappa shape index (κ1) is 53.1. The van der Waals surface area contributed by atoms with Crippen LogP contribution in [-0.2, 0) is 29.6 Å².